The van der Waals surface area contributed by atoms with Gasteiger partial charge in [0.2, 0.25) is 0 Å². The van der Waals surface area contributed by atoms with E-state index in [1.54, 1.807) is 10.9 Å². The summed E-state index contributed by atoms with van der Waals surface area (Å²) in [5.74, 6) is 0.646. The van der Waals surface area contributed by atoms with E-state index in [0.717, 1.165) is 22.6 Å². The Morgan fingerprint density at radius 1 is 1.29 bits per heavy atom. The topological polar surface area (TPSA) is 61.1 Å². The highest BCUT2D eigenvalue weighted by Gasteiger charge is 2.14. The molecule has 0 aliphatic carbocycles. The molecule has 3 rings (SSSR count). The normalized spacial score (nSPS) is 11.2. The second-order valence-corrected chi connectivity index (χ2v) is 4.07. The van der Waals surface area contributed by atoms with Gasteiger partial charge in [-0.2, -0.15) is 5.10 Å². The van der Waals surface area contributed by atoms with Crippen LogP contribution in [0, 0.1) is 6.92 Å². The minimum Gasteiger partial charge on any atom is -0.383 e. The molecule has 0 aliphatic heterocycles. The molecule has 2 N–H and O–H groups in total. The van der Waals surface area contributed by atoms with E-state index in [9.17, 15) is 0 Å². The minimum absolute atomic E-state index is 0.646. The number of nitrogens with zero attached hydrogens (tertiary/aromatic N) is 4. The number of imidazole rings is 1. The zero-order chi connectivity index (χ0) is 12.0. The van der Waals surface area contributed by atoms with Gasteiger partial charge in [0.15, 0.2) is 0 Å². The van der Waals surface area contributed by atoms with Gasteiger partial charge in [0, 0.05) is 19.4 Å². The molecule has 0 aliphatic rings. The smallest absolute Gasteiger partial charge is 0.142 e. The van der Waals surface area contributed by atoms with Crippen LogP contribution in [0.1, 0.15) is 5.56 Å². The summed E-state index contributed by atoms with van der Waals surface area (Å²) in [6, 6.07) is 5.90. The first-order chi connectivity index (χ1) is 8.18. The number of rotatable bonds is 1. The molecule has 0 fully saturated rings. The highest BCUT2D eigenvalue weighted by Crippen LogP contribution is 2.26. The van der Waals surface area contributed by atoms with Crippen molar-refractivity contribution in [2.45, 2.75) is 6.92 Å². The monoisotopic (exact) mass is 227 g/mol. The highest BCUT2D eigenvalue weighted by molar-refractivity contribution is 5.73. The van der Waals surface area contributed by atoms with Gasteiger partial charge >= 0.3 is 0 Å². The quantitative estimate of drug-likeness (QED) is 0.687. The lowest BCUT2D eigenvalue weighted by molar-refractivity contribution is 0.774. The first-order valence-electron chi connectivity index (χ1n) is 5.40. The number of anilines is 1. The van der Waals surface area contributed by atoms with Crippen LogP contribution in [0.15, 0.2) is 30.6 Å². The van der Waals surface area contributed by atoms with E-state index in [2.05, 4.69) is 10.1 Å². The summed E-state index contributed by atoms with van der Waals surface area (Å²) < 4.78 is 3.67. The average molecular weight is 227 g/mol. The van der Waals surface area contributed by atoms with E-state index in [0.29, 0.717) is 5.82 Å². The fourth-order valence-electron chi connectivity index (χ4n) is 2.02. The van der Waals surface area contributed by atoms with Crippen molar-refractivity contribution in [2.75, 3.05) is 5.73 Å². The highest BCUT2D eigenvalue weighted by atomic mass is 15.3. The average Bonchev–Trinajstić information content (AvgIpc) is 2.85. The lowest BCUT2D eigenvalue weighted by Gasteiger charge is -1.99. The van der Waals surface area contributed by atoms with Gasteiger partial charge in [-0.1, -0.05) is 6.07 Å². The Bertz CT molecular complexity index is 692. The third-order valence-electron chi connectivity index (χ3n) is 2.95. The van der Waals surface area contributed by atoms with Crippen molar-refractivity contribution in [3.8, 4) is 11.4 Å². The van der Waals surface area contributed by atoms with Crippen molar-refractivity contribution in [1.82, 2.24) is 19.2 Å². The molecular formula is C12H13N5. The zero-order valence-corrected chi connectivity index (χ0v) is 9.75. The van der Waals surface area contributed by atoms with Crippen LogP contribution in [-0.2, 0) is 7.05 Å². The summed E-state index contributed by atoms with van der Waals surface area (Å²) in [5.41, 5.74) is 9.82. The van der Waals surface area contributed by atoms with Gasteiger partial charge in [0.05, 0.1) is 5.69 Å². The molecule has 0 amide bonds. The molecule has 5 nitrogen and oxygen atoms in total. The number of hydrogen-bond acceptors (Lipinski definition) is 3. The molecule has 0 saturated heterocycles. The van der Waals surface area contributed by atoms with Crippen molar-refractivity contribution in [3.63, 3.8) is 0 Å². The molecule has 0 aromatic carbocycles. The largest absolute Gasteiger partial charge is 0.383 e. The fraction of sp³-hybridized carbons (Fsp3) is 0.167. The number of fused-ring (bicyclic) bond motifs is 1. The maximum atomic E-state index is 6.13. The number of nitrogens with two attached hydrogens (primary N) is 1. The first-order valence-corrected chi connectivity index (χ1v) is 5.40. The maximum Gasteiger partial charge on any atom is 0.142 e. The zero-order valence-electron chi connectivity index (χ0n) is 9.75. The summed E-state index contributed by atoms with van der Waals surface area (Å²) >= 11 is 0. The Kier molecular flexibility index (Phi) is 1.95. The molecule has 0 spiro atoms. The van der Waals surface area contributed by atoms with Crippen LogP contribution < -0.4 is 5.73 Å². The van der Waals surface area contributed by atoms with Crippen molar-refractivity contribution < 1.29 is 0 Å². The Morgan fingerprint density at radius 3 is 2.76 bits per heavy atom. The summed E-state index contributed by atoms with van der Waals surface area (Å²) in [6.45, 7) is 2.02. The number of pyridine rings is 1. The molecule has 0 saturated carbocycles. The third-order valence-corrected chi connectivity index (χ3v) is 2.95. The molecule has 86 valence electrons. The summed E-state index contributed by atoms with van der Waals surface area (Å²) in [6.07, 6.45) is 3.66. The number of aryl methyl sites for hydroxylation is 2. The Morgan fingerprint density at radius 2 is 2.12 bits per heavy atom. The Labute approximate surface area is 98.5 Å². The summed E-state index contributed by atoms with van der Waals surface area (Å²) in [5, 5.41) is 4.14. The summed E-state index contributed by atoms with van der Waals surface area (Å²) in [4.78, 5) is 4.59. The second-order valence-electron chi connectivity index (χ2n) is 4.07. The standard InChI is InChI=1S/C12H13N5/c1-8-4-3-7-17-11(13)10(15-12(8)17)9-5-6-14-16(9)2/h3-7H,13H2,1-2H3. The van der Waals surface area contributed by atoms with Crippen LogP contribution in [0.25, 0.3) is 17.0 Å². The molecule has 17 heavy (non-hydrogen) atoms. The molecule has 5 heteroatoms. The van der Waals surface area contributed by atoms with E-state index in [-0.39, 0.29) is 0 Å². The van der Waals surface area contributed by atoms with Crippen LogP contribution in [0.4, 0.5) is 5.82 Å². The van der Waals surface area contributed by atoms with E-state index in [4.69, 9.17) is 5.73 Å². The lowest BCUT2D eigenvalue weighted by atomic mass is 10.3. The molecule has 0 atom stereocenters. The predicted molar refractivity (Wildman–Crippen MR) is 66.5 cm³/mol. The van der Waals surface area contributed by atoms with Crippen LogP contribution in [-0.4, -0.2) is 19.2 Å². The lowest BCUT2D eigenvalue weighted by Crippen LogP contribution is -1.98. The van der Waals surface area contributed by atoms with Gasteiger partial charge in [-0.15, -0.1) is 0 Å². The fourth-order valence-corrected chi connectivity index (χ4v) is 2.02. The minimum atomic E-state index is 0.646. The van der Waals surface area contributed by atoms with Gasteiger partial charge < -0.3 is 5.73 Å². The van der Waals surface area contributed by atoms with E-state index in [1.165, 1.54) is 0 Å². The number of aromatic nitrogens is 4. The second kappa shape index (κ2) is 3.35. The molecule has 0 bridgehead atoms. The molecular weight excluding hydrogens is 214 g/mol. The molecule has 3 aromatic heterocycles. The molecule has 3 heterocycles. The number of hydrogen-bond donors (Lipinski definition) is 1. The van der Waals surface area contributed by atoms with Crippen LogP contribution in [0.3, 0.4) is 0 Å². The Hall–Kier alpha value is -2.30. The van der Waals surface area contributed by atoms with E-state index < -0.39 is 0 Å². The van der Waals surface area contributed by atoms with Crippen LogP contribution in [0.5, 0.6) is 0 Å². The summed E-state index contributed by atoms with van der Waals surface area (Å²) in [7, 11) is 1.88. The van der Waals surface area contributed by atoms with E-state index >= 15 is 0 Å². The van der Waals surface area contributed by atoms with Gasteiger partial charge in [-0.05, 0) is 24.6 Å². The van der Waals surface area contributed by atoms with Gasteiger partial charge in [-0.25, -0.2) is 4.98 Å². The van der Waals surface area contributed by atoms with Gasteiger partial charge in [-0.3, -0.25) is 9.08 Å². The van der Waals surface area contributed by atoms with Crippen molar-refractivity contribution in [3.05, 3.63) is 36.2 Å². The van der Waals surface area contributed by atoms with Crippen LogP contribution >= 0.6 is 0 Å². The van der Waals surface area contributed by atoms with Crippen molar-refractivity contribution in [2.24, 2.45) is 7.05 Å². The van der Waals surface area contributed by atoms with Gasteiger partial charge in [0.1, 0.15) is 17.2 Å². The maximum absolute atomic E-state index is 6.13. The van der Waals surface area contributed by atoms with Crippen molar-refractivity contribution in [1.29, 1.82) is 0 Å². The molecule has 0 unspecified atom stereocenters. The Balaban J connectivity index is 2.36. The SMILES string of the molecule is Cc1cccn2c(N)c(-c3ccnn3C)nc12. The predicted octanol–water partition coefficient (Wildman–Crippen LogP) is 1.63. The van der Waals surface area contributed by atoms with Crippen molar-refractivity contribution >= 4 is 11.5 Å². The third kappa shape index (κ3) is 1.32. The van der Waals surface area contributed by atoms with Gasteiger partial charge in [0.25, 0.3) is 0 Å². The molecule has 0 radical (unpaired) electrons. The first kappa shape index (κ1) is 9.89. The number of nitrogen functional groups attached to an aromatic ring is 1. The van der Waals surface area contributed by atoms with Crippen LogP contribution in [0.2, 0.25) is 0 Å². The van der Waals surface area contributed by atoms with E-state index in [1.807, 2.05) is 42.8 Å². The molecule has 3 aromatic rings.